The number of amides is 1. The van der Waals surface area contributed by atoms with E-state index in [0.29, 0.717) is 11.4 Å². The van der Waals surface area contributed by atoms with Crippen molar-refractivity contribution in [3.05, 3.63) is 24.3 Å². The zero-order valence-corrected chi connectivity index (χ0v) is 9.71. The van der Waals surface area contributed by atoms with Crippen LogP contribution < -0.4 is 15.8 Å². The number of carbonyl (C=O) groups is 1. The molecule has 0 fully saturated rings. The smallest absolute Gasteiger partial charge is 0.383 e. The summed E-state index contributed by atoms with van der Waals surface area (Å²) in [4.78, 5) is 10.8. The lowest BCUT2D eigenvalue weighted by atomic mass is 10.3. The van der Waals surface area contributed by atoms with Crippen LogP contribution in [0.5, 0.6) is 5.75 Å². The first-order valence-corrected chi connectivity index (χ1v) is 5.26. The van der Waals surface area contributed by atoms with Gasteiger partial charge in [0.15, 0.2) is 0 Å². The Morgan fingerprint density at radius 1 is 1.42 bits per heavy atom. The van der Waals surface area contributed by atoms with E-state index in [1.807, 2.05) is 0 Å². The number of carbonyl (C=O) groups excluding carboxylic acids is 1. The first-order valence-electron chi connectivity index (χ1n) is 5.26. The number of halogens is 4. The van der Waals surface area contributed by atoms with Gasteiger partial charge in [-0.2, -0.15) is 8.78 Å². The van der Waals surface area contributed by atoms with Crippen molar-refractivity contribution in [2.75, 3.05) is 18.9 Å². The zero-order chi connectivity index (χ0) is 14.5. The van der Waals surface area contributed by atoms with Gasteiger partial charge >= 0.3 is 12.3 Å². The minimum atomic E-state index is -4.70. The van der Waals surface area contributed by atoms with Crippen LogP contribution >= 0.6 is 0 Å². The predicted octanol–water partition coefficient (Wildman–Crippen LogP) is 1.66. The summed E-state index contributed by atoms with van der Waals surface area (Å²) in [6, 6.07) is 6.31. The molecule has 0 bridgehead atoms. The molecule has 0 aliphatic rings. The maximum absolute atomic E-state index is 12.5. The third kappa shape index (κ3) is 4.31. The fourth-order valence-corrected chi connectivity index (χ4v) is 1.15. The summed E-state index contributed by atoms with van der Waals surface area (Å²) in [5, 5.41) is 1.66. The van der Waals surface area contributed by atoms with Crippen LogP contribution in [0.25, 0.3) is 0 Å². The summed E-state index contributed by atoms with van der Waals surface area (Å²) in [6.45, 7) is -0.468. The quantitative estimate of drug-likeness (QED) is 0.473. The molecule has 1 aromatic carbocycles. The van der Waals surface area contributed by atoms with Gasteiger partial charge in [-0.25, -0.2) is 8.78 Å². The number of nitrogens with one attached hydrogen (secondary N) is 1. The highest BCUT2D eigenvalue weighted by molar-refractivity contribution is 5.83. The molecule has 106 valence electrons. The molecule has 0 aliphatic carbocycles. The average Bonchev–Trinajstić information content (AvgIpc) is 2.34. The lowest BCUT2D eigenvalue weighted by Gasteiger charge is -2.15. The standard InChI is InChI=1S/C11H12F4N2O2/c12-9(13)11(14,15)10(18)17-4-5-19-8-3-1-2-7(16)6-8/h1-3,6,9H,4-5,16H2,(H,17,18). The highest BCUT2D eigenvalue weighted by Crippen LogP contribution is 2.22. The number of hydrogen-bond donors (Lipinski definition) is 2. The van der Waals surface area contributed by atoms with E-state index in [4.69, 9.17) is 10.5 Å². The Morgan fingerprint density at radius 2 is 2.11 bits per heavy atom. The molecule has 0 atom stereocenters. The Bertz CT molecular complexity index is 440. The Balaban J connectivity index is 2.34. The number of nitrogens with two attached hydrogens (primary N) is 1. The number of benzene rings is 1. The first kappa shape index (κ1) is 15.1. The molecule has 0 aliphatic heterocycles. The van der Waals surface area contributed by atoms with Gasteiger partial charge in [-0.3, -0.25) is 4.79 Å². The summed E-state index contributed by atoms with van der Waals surface area (Å²) >= 11 is 0. The summed E-state index contributed by atoms with van der Waals surface area (Å²) in [5.41, 5.74) is 5.92. The summed E-state index contributed by atoms with van der Waals surface area (Å²) in [5.74, 6) is -6.34. The number of nitrogen functional groups attached to an aromatic ring is 1. The molecule has 4 nitrogen and oxygen atoms in total. The van der Waals surface area contributed by atoms with E-state index >= 15 is 0 Å². The van der Waals surface area contributed by atoms with Gasteiger partial charge in [0, 0.05) is 11.8 Å². The second-order valence-corrected chi connectivity index (χ2v) is 3.60. The van der Waals surface area contributed by atoms with Crippen molar-refractivity contribution in [2.45, 2.75) is 12.3 Å². The predicted molar refractivity (Wildman–Crippen MR) is 60.3 cm³/mol. The van der Waals surface area contributed by atoms with Crippen LogP contribution in [-0.4, -0.2) is 31.4 Å². The highest BCUT2D eigenvalue weighted by atomic mass is 19.3. The Labute approximate surface area is 106 Å². The maximum Gasteiger partial charge on any atom is 0.383 e. The molecule has 0 radical (unpaired) electrons. The van der Waals surface area contributed by atoms with E-state index in [1.54, 1.807) is 23.5 Å². The molecular weight excluding hydrogens is 268 g/mol. The molecule has 0 saturated carbocycles. The number of anilines is 1. The molecule has 1 rings (SSSR count). The molecule has 0 saturated heterocycles. The van der Waals surface area contributed by atoms with Crippen LogP contribution in [-0.2, 0) is 4.79 Å². The van der Waals surface area contributed by atoms with Crippen LogP contribution in [0.2, 0.25) is 0 Å². The molecule has 0 unspecified atom stereocenters. The van der Waals surface area contributed by atoms with E-state index in [-0.39, 0.29) is 13.2 Å². The normalized spacial score (nSPS) is 11.4. The van der Waals surface area contributed by atoms with Gasteiger partial charge in [0.25, 0.3) is 5.91 Å². The molecular formula is C11H12F4N2O2. The van der Waals surface area contributed by atoms with E-state index in [0.717, 1.165) is 0 Å². The fourth-order valence-electron chi connectivity index (χ4n) is 1.15. The first-order chi connectivity index (χ1) is 8.84. The van der Waals surface area contributed by atoms with Gasteiger partial charge in [0.05, 0.1) is 6.54 Å². The van der Waals surface area contributed by atoms with Crippen molar-refractivity contribution in [2.24, 2.45) is 0 Å². The third-order valence-electron chi connectivity index (χ3n) is 2.09. The van der Waals surface area contributed by atoms with Crippen molar-refractivity contribution in [1.82, 2.24) is 5.32 Å². The third-order valence-corrected chi connectivity index (χ3v) is 2.09. The number of ether oxygens (including phenoxy) is 1. The monoisotopic (exact) mass is 280 g/mol. The van der Waals surface area contributed by atoms with Gasteiger partial charge in [-0.15, -0.1) is 0 Å². The van der Waals surface area contributed by atoms with Crippen molar-refractivity contribution < 1.29 is 27.1 Å². The van der Waals surface area contributed by atoms with Crippen LogP contribution in [0, 0.1) is 0 Å². The molecule has 3 N–H and O–H groups in total. The van der Waals surface area contributed by atoms with Gasteiger partial charge in [0.1, 0.15) is 12.4 Å². The fraction of sp³-hybridized carbons (Fsp3) is 0.364. The lowest BCUT2D eigenvalue weighted by molar-refractivity contribution is -0.169. The van der Waals surface area contributed by atoms with Crippen molar-refractivity contribution >= 4 is 11.6 Å². The number of rotatable bonds is 6. The average molecular weight is 280 g/mol. The Morgan fingerprint density at radius 3 is 2.68 bits per heavy atom. The van der Waals surface area contributed by atoms with Gasteiger partial charge < -0.3 is 15.8 Å². The van der Waals surface area contributed by atoms with Crippen LogP contribution in [0.3, 0.4) is 0 Å². The highest BCUT2D eigenvalue weighted by Gasteiger charge is 2.48. The van der Waals surface area contributed by atoms with Gasteiger partial charge in [-0.05, 0) is 12.1 Å². The van der Waals surface area contributed by atoms with Crippen molar-refractivity contribution in [3.63, 3.8) is 0 Å². The molecule has 0 heterocycles. The van der Waals surface area contributed by atoms with Crippen molar-refractivity contribution in [1.29, 1.82) is 0 Å². The topological polar surface area (TPSA) is 64.3 Å². The van der Waals surface area contributed by atoms with Crippen molar-refractivity contribution in [3.8, 4) is 5.75 Å². The number of alkyl halides is 4. The molecule has 19 heavy (non-hydrogen) atoms. The summed E-state index contributed by atoms with van der Waals surface area (Å²) in [6.07, 6.45) is -4.04. The molecule has 1 amide bonds. The van der Waals surface area contributed by atoms with Crippen LogP contribution in [0.15, 0.2) is 24.3 Å². The Hall–Kier alpha value is -1.99. The van der Waals surface area contributed by atoms with Crippen LogP contribution in [0.4, 0.5) is 23.2 Å². The molecule has 1 aromatic rings. The van der Waals surface area contributed by atoms with E-state index < -0.39 is 18.3 Å². The van der Waals surface area contributed by atoms with Gasteiger partial charge in [0.2, 0.25) is 0 Å². The minimum absolute atomic E-state index is 0.144. The van der Waals surface area contributed by atoms with Gasteiger partial charge in [-0.1, -0.05) is 6.07 Å². The maximum atomic E-state index is 12.5. The molecule has 0 spiro atoms. The minimum Gasteiger partial charge on any atom is -0.492 e. The molecule has 0 aromatic heterocycles. The van der Waals surface area contributed by atoms with Crippen LogP contribution in [0.1, 0.15) is 0 Å². The zero-order valence-electron chi connectivity index (χ0n) is 9.71. The lowest BCUT2D eigenvalue weighted by Crippen LogP contribution is -2.46. The molecule has 8 heteroatoms. The summed E-state index contributed by atoms with van der Waals surface area (Å²) in [7, 11) is 0. The second kappa shape index (κ2) is 6.26. The number of hydrogen-bond acceptors (Lipinski definition) is 3. The summed E-state index contributed by atoms with van der Waals surface area (Å²) < 4.78 is 53.8. The van der Waals surface area contributed by atoms with E-state index in [9.17, 15) is 22.4 Å². The Kier molecular flexibility index (Phi) is 4.96. The second-order valence-electron chi connectivity index (χ2n) is 3.60. The van der Waals surface area contributed by atoms with E-state index in [2.05, 4.69) is 0 Å². The van der Waals surface area contributed by atoms with E-state index in [1.165, 1.54) is 6.07 Å². The largest absolute Gasteiger partial charge is 0.492 e. The SMILES string of the molecule is Nc1cccc(OCCNC(=O)C(F)(F)C(F)F)c1.